The molecule has 0 heterocycles. The molecule has 1 aliphatic rings. The Hall–Kier alpha value is 0.0969. The summed E-state index contributed by atoms with van der Waals surface area (Å²) in [6, 6.07) is 0.536. The summed E-state index contributed by atoms with van der Waals surface area (Å²) in [5, 5.41) is 0. The third-order valence-corrected chi connectivity index (χ3v) is 5.27. The van der Waals surface area contributed by atoms with E-state index in [1.807, 2.05) is 13.8 Å². The van der Waals surface area contributed by atoms with Crippen molar-refractivity contribution in [2.24, 2.45) is 5.73 Å². The van der Waals surface area contributed by atoms with Crippen LogP contribution in [0.25, 0.3) is 0 Å². The van der Waals surface area contributed by atoms with Gasteiger partial charge in [-0.25, -0.2) is 0 Å². The Kier molecular flexibility index (Phi) is 11.3. The third-order valence-electron chi connectivity index (χ3n) is 2.86. The predicted octanol–water partition coefficient (Wildman–Crippen LogP) is 2.97. The van der Waals surface area contributed by atoms with Crippen LogP contribution in [0.5, 0.6) is 0 Å². The second-order valence-electron chi connectivity index (χ2n) is 4.92. The van der Waals surface area contributed by atoms with Gasteiger partial charge in [-0.05, 0) is 32.2 Å². The summed E-state index contributed by atoms with van der Waals surface area (Å²) in [5.74, 6) is 0. The van der Waals surface area contributed by atoms with Crippen LogP contribution in [0.4, 0.5) is 0 Å². The molecular formula is C13H31NO2Si. The van der Waals surface area contributed by atoms with Crippen LogP contribution >= 0.6 is 0 Å². The van der Waals surface area contributed by atoms with Crippen molar-refractivity contribution >= 4 is 9.28 Å². The summed E-state index contributed by atoms with van der Waals surface area (Å²) in [5.41, 5.74) is 6.22. The smallest absolute Gasteiger partial charge is 0.324 e. The first-order valence-corrected chi connectivity index (χ1v) is 8.71. The Morgan fingerprint density at radius 3 is 1.76 bits per heavy atom. The standard InChI is InChI=1S/C7H18O2Si.C6H13N/c1-5-8-10(7(3)4)9-6-2;7-6-4-2-1-3-5-6/h7,10H,5-6H2,1-4H3;6H,1-5,7H2. The van der Waals surface area contributed by atoms with Crippen molar-refractivity contribution in [3.05, 3.63) is 0 Å². The maximum atomic E-state index is 5.63. The monoisotopic (exact) mass is 261 g/mol. The van der Waals surface area contributed by atoms with Gasteiger partial charge in [-0.3, -0.25) is 0 Å². The predicted molar refractivity (Wildman–Crippen MR) is 76.6 cm³/mol. The van der Waals surface area contributed by atoms with Crippen LogP contribution in [0.1, 0.15) is 59.8 Å². The number of rotatable bonds is 5. The van der Waals surface area contributed by atoms with Gasteiger partial charge in [0.25, 0.3) is 0 Å². The summed E-state index contributed by atoms with van der Waals surface area (Å²) >= 11 is 0. The van der Waals surface area contributed by atoms with Gasteiger partial charge in [-0.15, -0.1) is 0 Å². The van der Waals surface area contributed by atoms with Gasteiger partial charge in [0.1, 0.15) is 0 Å². The molecule has 0 bridgehead atoms. The van der Waals surface area contributed by atoms with E-state index in [9.17, 15) is 0 Å². The van der Waals surface area contributed by atoms with Gasteiger partial charge < -0.3 is 14.6 Å². The topological polar surface area (TPSA) is 44.5 Å². The van der Waals surface area contributed by atoms with Crippen molar-refractivity contribution in [2.45, 2.75) is 71.4 Å². The zero-order valence-electron chi connectivity index (χ0n) is 12.1. The Balaban J connectivity index is 0.000000318. The molecule has 0 amide bonds. The zero-order valence-corrected chi connectivity index (χ0v) is 13.2. The van der Waals surface area contributed by atoms with Gasteiger partial charge in [0, 0.05) is 19.3 Å². The molecule has 2 N–H and O–H groups in total. The summed E-state index contributed by atoms with van der Waals surface area (Å²) in [4.78, 5) is 0. The lowest BCUT2D eigenvalue weighted by atomic mass is 9.97. The number of hydrogen-bond acceptors (Lipinski definition) is 3. The molecule has 1 rings (SSSR count). The van der Waals surface area contributed by atoms with Gasteiger partial charge >= 0.3 is 9.28 Å². The molecule has 17 heavy (non-hydrogen) atoms. The van der Waals surface area contributed by atoms with Crippen molar-refractivity contribution in [3.8, 4) is 0 Å². The average Bonchev–Trinajstić information content (AvgIpc) is 2.30. The van der Waals surface area contributed by atoms with E-state index in [4.69, 9.17) is 14.6 Å². The summed E-state index contributed by atoms with van der Waals surface area (Å²) in [7, 11) is -1.31. The Morgan fingerprint density at radius 1 is 1.06 bits per heavy atom. The molecule has 0 radical (unpaired) electrons. The van der Waals surface area contributed by atoms with E-state index in [2.05, 4.69) is 13.8 Å². The van der Waals surface area contributed by atoms with Gasteiger partial charge in [0.2, 0.25) is 0 Å². The summed E-state index contributed by atoms with van der Waals surface area (Å²) in [6.07, 6.45) is 6.66. The Bertz CT molecular complexity index is 155. The lowest BCUT2D eigenvalue weighted by molar-refractivity contribution is 0.207. The van der Waals surface area contributed by atoms with Crippen LogP contribution in [0, 0.1) is 0 Å². The fourth-order valence-electron chi connectivity index (χ4n) is 1.90. The Morgan fingerprint density at radius 2 is 1.53 bits per heavy atom. The highest BCUT2D eigenvalue weighted by Gasteiger charge is 2.16. The second-order valence-corrected chi connectivity index (χ2v) is 7.66. The molecule has 0 aromatic heterocycles. The minimum atomic E-state index is -1.31. The quantitative estimate of drug-likeness (QED) is 0.774. The number of hydrogen-bond donors (Lipinski definition) is 1. The van der Waals surface area contributed by atoms with Crippen LogP contribution in [0.3, 0.4) is 0 Å². The number of nitrogens with two attached hydrogens (primary N) is 1. The fourth-order valence-corrected chi connectivity index (χ4v) is 3.42. The zero-order chi connectivity index (χ0) is 13.1. The van der Waals surface area contributed by atoms with Crippen molar-refractivity contribution in [3.63, 3.8) is 0 Å². The molecule has 0 spiro atoms. The minimum absolute atomic E-state index is 0.536. The molecule has 1 aliphatic carbocycles. The van der Waals surface area contributed by atoms with E-state index in [-0.39, 0.29) is 0 Å². The van der Waals surface area contributed by atoms with Crippen molar-refractivity contribution in [1.82, 2.24) is 0 Å². The molecule has 1 saturated carbocycles. The SMILES string of the molecule is CCO[SiH](OCC)C(C)C.NC1CCCCC1. The molecule has 1 fully saturated rings. The van der Waals surface area contributed by atoms with Crippen LogP contribution < -0.4 is 5.73 Å². The second kappa shape index (κ2) is 11.2. The van der Waals surface area contributed by atoms with Crippen LogP contribution in [-0.2, 0) is 8.85 Å². The van der Waals surface area contributed by atoms with Gasteiger partial charge in [0.15, 0.2) is 0 Å². The van der Waals surface area contributed by atoms with Crippen LogP contribution in [0.2, 0.25) is 5.54 Å². The van der Waals surface area contributed by atoms with Crippen LogP contribution in [0.15, 0.2) is 0 Å². The fraction of sp³-hybridized carbons (Fsp3) is 1.00. The van der Waals surface area contributed by atoms with E-state index in [0.29, 0.717) is 11.6 Å². The van der Waals surface area contributed by atoms with Crippen LogP contribution in [-0.4, -0.2) is 28.5 Å². The summed E-state index contributed by atoms with van der Waals surface area (Å²) < 4.78 is 10.9. The van der Waals surface area contributed by atoms with Gasteiger partial charge in [0.05, 0.1) is 0 Å². The first-order chi connectivity index (χ1) is 8.11. The normalized spacial score (nSPS) is 17.1. The molecule has 0 aromatic rings. The molecule has 0 aromatic carbocycles. The van der Waals surface area contributed by atoms with Gasteiger partial charge in [-0.1, -0.05) is 33.1 Å². The molecule has 0 aliphatic heterocycles. The molecule has 0 unspecified atom stereocenters. The maximum absolute atomic E-state index is 5.63. The van der Waals surface area contributed by atoms with E-state index in [0.717, 1.165) is 13.2 Å². The molecule has 0 atom stereocenters. The van der Waals surface area contributed by atoms with Gasteiger partial charge in [-0.2, -0.15) is 0 Å². The molecule has 104 valence electrons. The van der Waals surface area contributed by atoms with E-state index < -0.39 is 9.28 Å². The summed E-state index contributed by atoms with van der Waals surface area (Å²) in [6.45, 7) is 9.91. The highest BCUT2D eigenvalue weighted by atomic mass is 28.3. The van der Waals surface area contributed by atoms with E-state index in [1.54, 1.807) is 0 Å². The Labute approximate surface area is 109 Å². The highest BCUT2D eigenvalue weighted by Crippen LogP contribution is 2.14. The largest absolute Gasteiger partial charge is 0.397 e. The van der Waals surface area contributed by atoms with E-state index >= 15 is 0 Å². The molecular weight excluding hydrogens is 230 g/mol. The molecule has 3 nitrogen and oxygen atoms in total. The first kappa shape index (κ1) is 17.1. The van der Waals surface area contributed by atoms with Crippen molar-refractivity contribution in [1.29, 1.82) is 0 Å². The van der Waals surface area contributed by atoms with E-state index in [1.165, 1.54) is 32.1 Å². The third kappa shape index (κ3) is 9.77. The van der Waals surface area contributed by atoms with Crippen molar-refractivity contribution < 1.29 is 8.85 Å². The first-order valence-electron chi connectivity index (χ1n) is 7.10. The molecule has 4 heteroatoms. The highest BCUT2D eigenvalue weighted by molar-refractivity contribution is 6.46. The molecule has 0 saturated heterocycles. The average molecular weight is 261 g/mol. The maximum Gasteiger partial charge on any atom is 0.324 e. The minimum Gasteiger partial charge on any atom is -0.397 e. The van der Waals surface area contributed by atoms with Crippen molar-refractivity contribution in [2.75, 3.05) is 13.2 Å². The lowest BCUT2D eigenvalue weighted by Crippen LogP contribution is -2.26. The lowest BCUT2D eigenvalue weighted by Gasteiger charge is -2.17.